The second-order valence-electron chi connectivity index (χ2n) is 15.3. The fraction of sp³-hybridized carbons (Fsp3) is 0.429. The van der Waals surface area contributed by atoms with Crippen molar-refractivity contribution in [1.82, 2.24) is 0 Å². The van der Waals surface area contributed by atoms with E-state index in [9.17, 15) is 0 Å². The molecule has 0 heterocycles. The molecule has 0 amide bonds. The summed E-state index contributed by atoms with van der Waals surface area (Å²) < 4.78 is 1.46. The van der Waals surface area contributed by atoms with E-state index in [1.807, 2.05) is 0 Å². The van der Waals surface area contributed by atoms with Crippen LogP contribution in [0.4, 0.5) is 0 Å². The van der Waals surface area contributed by atoms with Crippen LogP contribution in [0.25, 0.3) is 21.5 Å². The third-order valence-corrected chi connectivity index (χ3v) is 8.94. The van der Waals surface area contributed by atoms with Gasteiger partial charge in [0, 0.05) is 0 Å². The van der Waals surface area contributed by atoms with Crippen LogP contribution in [0, 0.1) is 24.3 Å². The van der Waals surface area contributed by atoms with Gasteiger partial charge in [0.1, 0.15) is 0 Å². The van der Waals surface area contributed by atoms with E-state index in [0.717, 1.165) is 6.42 Å². The minimum Gasteiger partial charge on any atom is -1.00 e. The Bertz CT molecular complexity index is 1560. The molecule has 1 aliphatic carbocycles. The summed E-state index contributed by atoms with van der Waals surface area (Å²) in [6.07, 6.45) is 6.95. The fourth-order valence-corrected chi connectivity index (χ4v) is 5.91. The molecule has 242 valence electrons. The maximum atomic E-state index is 3.48. The number of rotatable bonds is 2. The second-order valence-corrected chi connectivity index (χ2v) is 17.2. The van der Waals surface area contributed by atoms with Gasteiger partial charge in [0.15, 0.2) is 0 Å². The third kappa shape index (κ3) is 11.2. The summed E-state index contributed by atoms with van der Waals surface area (Å²) in [5.74, 6) is 0.522. The Labute approximate surface area is 302 Å². The molecule has 0 aromatic heterocycles. The van der Waals surface area contributed by atoms with E-state index >= 15 is 0 Å². The molecule has 0 bridgehead atoms. The van der Waals surface area contributed by atoms with Gasteiger partial charge in [-0.05, 0) is 10.8 Å². The Morgan fingerprint density at radius 1 is 0.733 bits per heavy atom. The van der Waals surface area contributed by atoms with E-state index < -0.39 is 0 Å². The van der Waals surface area contributed by atoms with E-state index in [1.54, 1.807) is 0 Å². The molecule has 0 saturated carbocycles. The first-order chi connectivity index (χ1) is 19.8. The SMILES string of the molecule is CC(C)(C)c1ccc2c(c1)[cH-]c1cc(C(C)(C)C)ccc12.CCC1=[C-]C(C)C=C1C(C)(C)C.C[C](=[Zr+2])c1ccc(C)cc1.[Cl-].[Cl-]. The van der Waals surface area contributed by atoms with Crippen molar-refractivity contribution in [2.24, 2.45) is 11.3 Å². The zero-order valence-electron chi connectivity index (χ0n) is 30.0. The van der Waals surface area contributed by atoms with Crippen molar-refractivity contribution in [3.63, 3.8) is 0 Å². The average Bonchev–Trinajstić information content (AvgIpc) is 3.48. The number of fused-ring (bicyclic) bond motifs is 3. The first-order valence-corrected chi connectivity index (χ1v) is 17.2. The Morgan fingerprint density at radius 3 is 1.51 bits per heavy atom. The van der Waals surface area contributed by atoms with Gasteiger partial charge in [-0.15, -0.1) is 39.7 Å². The van der Waals surface area contributed by atoms with Crippen molar-refractivity contribution in [1.29, 1.82) is 0 Å². The summed E-state index contributed by atoms with van der Waals surface area (Å²) in [5, 5.41) is 5.48. The first kappa shape index (κ1) is 41.4. The Hall–Kier alpha value is -1.66. The molecule has 1 aliphatic rings. The van der Waals surface area contributed by atoms with Gasteiger partial charge in [-0.1, -0.05) is 129 Å². The predicted octanol–water partition coefficient (Wildman–Crippen LogP) is 6.15. The zero-order valence-corrected chi connectivity index (χ0v) is 33.9. The summed E-state index contributed by atoms with van der Waals surface area (Å²) in [6, 6.07) is 24.8. The van der Waals surface area contributed by atoms with E-state index in [2.05, 4.69) is 169 Å². The van der Waals surface area contributed by atoms with Gasteiger partial charge in [-0.25, -0.2) is 5.57 Å². The van der Waals surface area contributed by atoms with Crippen LogP contribution in [0.3, 0.4) is 0 Å². The van der Waals surface area contributed by atoms with Gasteiger partial charge in [0.25, 0.3) is 0 Å². The normalized spacial score (nSPS) is 14.7. The van der Waals surface area contributed by atoms with Gasteiger partial charge < -0.3 is 24.8 Å². The second kappa shape index (κ2) is 16.4. The van der Waals surface area contributed by atoms with Crippen molar-refractivity contribution in [2.75, 3.05) is 0 Å². The van der Waals surface area contributed by atoms with Crippen LogP contribution in [0.1, 0.15) is 112 Å². The molecular formula is C42H54Cl2Zr-2. The smallest absolute Gasteiger partial charge is 1.00 e. The summed E-state index contributed by atoms with van der Waals surface area (Å²) >= 11 is 1.51. The van der Waals surface area contributed by atoms with E-state index in [0.29, 0.717) is 11.3 Å². The van der Waals surface area contributed by atoms with Crippen molar-refractivity contribution in [3.05, 3.63) is 112 Å². The summed E-state index contributed by atoms with van der Waals surface area (Å²) in [6.45, 7) is 29.1. The summed E-state index contributed by atoms with van der Waals surface area (Å²) in [7, 11) is 0. The van der Waals surface area contributed by atoms with Crippen LogP contribution in [-0.2, 0) is 35.1 Å². The van der Waals surface area contributed by atoms with Crippen molar-refractivity contribution < 1.29 is 49.0 Å². The fourth-order valence-electron chi connectivity index (χ4n) is 5.50. The molecule has 5 rings (SSSR count). The molecule has 0 radical (unpaired) electrons. The Morgan fingerprint density at radius 2 is 1.18 bits per heavy atom. The zero-order chi connectivity index (χ0) is 32.3. The van der Waals surface area contributed by atoms with Crippen LogP contribution < -0.4 is 24.8 Å². The monoisotopic (exact) mass is 718 g/mol. The quantitative estimate of drug-likeness (QED) is 0.218. The molecular weight excluding hydrogens is 667 g/mol. The van der Waals surface area contributed by atoms with E-state index in [-0.39, 0.29) is 35.6 Å². The molecule has 3 heteroatoms. The summed E-state index contributed by atoms with van der Waals surface area (Å²) in [5.41, 5.74) is 9.14. The number of allylic oxidation sites excluding steroid dienone is 4. The Kier molecular flexibility index (Phi) is 15.1. The maximum absolute atomic E-state index is 3.48. The van der Waals surface area contributed by atoms with Crippen molar-refractivity contribution >= 4 is 24.8 Å². The number of aryl methyl sites for hydroxylation is 1. The number of hydrogen-bond donors (Lipinski definition) is 0. The van der Waals surface area contributed by atoms with Crippen LogP contribution in [-0.4, -0.2) is 3.21 Å². The predicted molar refractivity (Wildman–Crippen MR) is 189 cm³/mol. The molecule has 1 atom stereocenters. The third-order valence-electron chi connectivity index (χ3n) is 8.23. The van der Waals surface area contributed by atoms with E-state index in [4.69, 9.17) is 0 Å². The molecule has 4 aromatic rings. The standard InChI is InChI=1S/C21H25.C12H19.C9H10.2ClH.Zr/c1-20(2,3)16-7-9-18-14(12-16)11-15-13-17(21(4,5)6)8-10-19(15)18;1-6-10-7-9(2)8-11(10)12(3,4)5;1-3-9-6-4-8(2)5-7-9;;;/h7-13H,1-6H3;8-9H,6H2,1-5H3;4-7H,1-2H3;2*1H;/q2*-1;;;;+2/p-2. The van der Waals surface area contributed by atoms with E-state index in [1.165, 1.54) is 82.4 Å². The minimum absolute atomic E-state index is 0. The van der Waals surface area contributed by atoms with Gasteiger partial charge in [0.05, 0.1) is 0 Å². The Balaban J connectivity index is 0.000000362. The van der Waals surface area contributed by atoms with Crippen molar-refractivity contribution in [3.8, 4) is 0 Å². The van der Waals surface area contributed by atoms with Crippen LogP contribution in [0.2, 0.25) is 0 Å². The molecule has 0 spiro atoms. The molecule has 1 unspecified atom stereocenters. The van der Waals surface area contributed by atoms with Crippen molar-refractivity contribution in [2.45, 2.75) is 107 Å². The molecule has 4 aromatic carbocycles. The average molecular weight is 721 g/mol. The molecule has 45 heavy (non-hydrogen) atoms. The van der Waals surface area contributed by atoms with Gasteiger partial charge >= 0.3 is 76.7 Å². The summed E-state index contributed by atoms with van der Waals surface area (Å²) in [4.78, 5) is 0. The van der Waals surface area contributed by atoms with Gasteiger partial charge in [0.2, 0.25) is 0 Å². The minimum atomic E-state index is 0. The number of hydrogen-bond acceptors (Lipinski definition) is 0. The van der Waals surface area contributed by atoms with Gasteiger partial charge in [-0.3, -0.25) is 6.08 Å². The van der Waals surface area contributed by atoms with Crippen LogP contribution >= 0.6 is 0 Å². The number of benzene rings is 3. The topological polar surface area (TPSA) is 0 Å². The van der Waals surface area contributed by atoms with Gasteiger partial charge in [-0.2, -0.15) is 11.6 Å². The first-order valence-electron chi connectivity index (χ1n) is 15.9. The number of halogens is 2. The molecule has 0 saturated heterocycles. The van der Waals surface area contributed by atoms with Crippen LogP contribution in [0.15, 0.2) is 84.0 Å². The maximum Gasteiger partial charge on any atom is -1.00 e. The molecule has 0 aliphatic heterocycles. The molecule has 0 N–H and O–H groups in total. The molecule has 0 nitrogen and oxygen atoms in total. The largest absolute Gasteiger partial charge is 1.00 e. The van der Waals surface area contributed by atoms with Crippen LogP contribution in [0.5, 0.6) is 0 Å². The molecule has 0 fully saturated rings.